The molecule has 25 heavy (non-hydrogen) atoms. The Labute approximate surface area is 148 Å². The molecule has 132 valence electrons. The molecule has 2 aromatic carbocycles. The molecule has 1 N–H and O–H groups in total. The third-order valence-corrected chi connectivity index (χ3v) is 6.45. The molecule has 0 bridgehead atoms. The van der Waals surface area contributed by atoms with Gasteiger partial charge in [0.05, 0.1) is 15.1 Å². The first-order valence-electron chi connectivity index (χ1n) is 7.73. The lowest BCUT2D eigenvalue weighted by Gasteiger charge is -2.15. The number of rotatable bonds is 5. The van der Waals surface area contributed by atoms with Crippen LogP contribution in [0.5, 0.6) is 0 Å². The number of hydrogen-bond donors (Lipinski definition) is 1. The van der Waals surface area contributed by atoms with E-state index in [0.29, 0.717) is 16.8 Å². The van der Waals surface area contributed by atoms with Crippen LogP contribution in [0.2, 0.25) is 0 Å². The van der Waals surface area contributed by atoms with Crippen LogP contribution in [-0.2, 0) is 16.6 Å². The van der Waals surface area contributed by atoms with Crippen LogP contribution in [0.3, 0.4) is 0 Å². The lowest BCUT2D eigenvalue weighted by Crippen LogP contribution is -2.26. The molecule has 1 unspecified atom stereocenters. The van der Waals surface area contributed by atoms with Crippen LogP contribution in [0.4, 0.5) is 4.39 Å². The predicted octanol–water partition coefficient (Wildman–Crippen LogP) is 3.26. The van der Waals surface area contributed by atoms with Crippen LogP contribution in [0, 0.1) is 5.82 Å². The van der Waals surface area contributed by atoms with E-state index in [1.165, 1.54) is 24.3 Å². The van der Waals surface area contributed by atoms with E-state index in [-0.39, 0.29) is 15.6 Å². The Hall–Kier alpha value is -2.03. The number of aromatic nitrogens is 1. The van der Waals surface area contributed by atoms with Crippen LogP contribution in [0.15, 0.2) is 52.2 Å². The Morgan fingerprint density at radius 2 is 1.88 bits per heavy atom. The van der Waals surface area contributed by atoms with Crippen LogP contribution in [0.1, 0.15) is 25.5 Å². The van der Waals surface area contributed by atoms with Gasteiger partial charge in [0.2, 0.25) is 10.0 Å². The van der Waals surface area contributed by atoms with E-state index >= 15 is 0 Å². The Balaban J connectivity index is 1.92. The Bertz CT molecular complexity index is 1070. The van der Waals surface area contributed by atoms with Crippen LogP contribution >= 0.6 is 11.3 Å². The molecular weight excluding hydrogens is 363 g/mol. The van der Waals surface area contributed by atoms with Crippen molar-refractivity contribution in [2.75, 3.05) is 0 Å². The fraction of sp³-hybridized carbons (Fsp3) is 0.235. The summed E-state index contributed by atoms with van der Waals surface area (Å²) < 4.78 is 43.1. The molecule has 1 heterocycles. The maximum absolute atomic E-state index is 13.0. The summed E-state index contributed by atoms with van der Waals surface area (Å²) in [6.07, 6.45) is 0. The quantitative estimate of drug-likeness (QED) is 0.739. The number of benzene rings is 2. The van der Waals surface area contributed by atoms with Gasteiger partial charge in [0, 0.05) is 12.6 Å². The summed E-state index contributed by atoms with van der Waals surface area (Å²) in [4.78, 5) is 11.9. The van der Waals surface area contributed by atoms with Gasteiger partial charge in [-0.1, -0.05) is 23.5 Å². The van der Waals surface area contributed by atoms with Gasteiger partial charge >= 0.3 is 4.87 Å². The normalized spacial score (nSPS) is 13.2. The predicted molar refractivity (Wildman–Crippen MR) is 96.9 cm³/mol. The van der Waals surface area contributed by atoms with Crippen molar-refractivity contribution in [1.82, 2.24) is 9.29 Å². The van der Waals surface area contributed by atoms with Crippen LogP contribution < -0.4 is 9.60 Å². The summed E-state index contributed by atoms with van der Waals surface area (Å²) in [5.41, 5.74) is 1.39. The third-order valence-electron chi connectivity index (χ3n) is 3.97. The van der Waals surface area contributed by atoms with E-state index in [9.17, 15) is 17.6 Å². The minimum absolute atomic E-state index is 0.0958. The second kappa shape index (κ2) is 6.70. The van der Waals surface area contributed by atoms with Gasteiger partial charge < -0.3 is 0 Å². The van der Waals surface area contributed by atoms with E-state index in [1.807, 2.05) is 6.92 Å². The second-order valence-corrected chi connectivity index (χ2v) is 8.34. The molecule has 0 aliphatic heterocycles. The minimum Gasteiger partial charge on any atom is -0.299 e. The fourth-order valence-electron chi connectivity index (χ4n) is 2.63. The molecule has 0 radical (unpaired) electrons. The molecule has 3 aromatic rings. The van der Waals surface area contributed by atoms with Crippen molar-refractivity contribution in [3.63, 3.8) is 0 Å². The van der Waals surface area contributed by atoms with Gasteiger partial charge in [0.1, 0.15) is 5.82 Å². The molecule has 1 aromatic heterocycles. The van der Waals surface area contributed by atoms with Crippen molar-refractivity contribution in [1.29, 1.82) is 0 Å². The summed E-state index contributed by atoms with van der Waals surface area (Å²) in [7, 11) is -3.77. The maximum atomic E-state index is 13.0. The first kappa shape index (κ1) is 17.8. The first-order chi connectivity index (χ1) is 11.8. The monoisotopic (exact) mass is 380 g/mol. The lowest BCUT2D eigenvalue weighted by molar-refractivity contribution is 0.566. The van der Waals surface area contributed by atoms with Crippen molar-refractivity contribution >= 4 is 31.6 Å². The molecule has 5 nitrogen and oxygen atoms in total. The molecule has 8 heteroatoms. The molecule has 1 atom stereocenters. The van der Waals surface area contributed by atoms with Gasteiger partial charge in [0.15, 0.2) is 0 Å². The Morgan fingerprint density at radius 3 is 2.52 bits per heavy atom. The zero-order chi connectivity index (χ0) is 18.2. The highest BCUT2D eigenvalue weighted by atomic mass is 32.2. The summed E-state index contributed by atoms with van der Waals surface area (Å²) in [5.74, 6) is -0.375. The van der Waals surface area contributed by atoms with E-state index in [2.05, 4.69) is 4.72 Å². The number of fused-ring (bicyclic) bond motifs is 1. The van der Waals surface area contributed by atoms with Gasteiger partial charge in [-0.3, -0.25) is 9.36 Å². The number of aryl methyl sites for hydroxylation is 1. The topological polar surface area (TPSA) is 68.2 Å². The standard InChI is InChI=1S/C17H17FN2O3S2/c1-3-20-15-9-8-14(10-16(15)24-17(20)21)25(22,23)19-11(2)12-4-6-13(18)7-5-12/h4-11,19H,3H2,1-2H3. The second-order valence-electron chi connectivity index (χ2n) is 5.64. The van der Waals surface area contributed by atoms with E-state index in [1.54, 1.807) is 29.7 Å². The number of hydrogen-bond acceptors (Lipinski definition) is 4. The van der Waals surface area contributed by atoms with Crippen LogP contribution in [0.25, 0.3) is 10.2 Å². The highest BCUT2D eigenvalue weighted by Crippen LogP contribution is 2.23. The largest absolute Gasteiger partial charge is 0.308 e. The molecule has 0 saturated heterocycles. The van der Waals surface area contributed by atoms with Gasteiger partial charge in [-0.05, 0) is 49.7 Å². The van der Waals surface area contributed by atoms with Crippen molar-refractivity contribution in [2.45, 2.75) is 31.3 Å². The molecule has 0 aliphatic carbocycles. The van der Waals surface area contributed by atoms with E-state index in [4.69, 9.17) is 0 Å². The van der Waals surface area contributed by atoms with E-state index < -0.39 is 16.1 Å². The fourth-order valence-corrected chi connectivity index (χ4v) is 4.96. The molecule has 0 fully saturated rings. The average molecular weight is 380 g/mol. The van der Waals surface area contributed by atoms with Crippen molar-refractivity contribution in [3.05, 3.63) is 63.5 Å². The summed E-state index contributed by atoms with van der Waals surface area (Å²) in [6, 6.07) is 9.79. The molecule has 0 aliphatic rings. The summed E-state index contributed by atoms with van der Waals surface area (Å²) >= 11 is 1.02. The Morgan fingerprint density at radius 1 is 1.20 bits per heavy atom. The Kier molecular flexibility index (Phi) is 4.77. The van der Waals surface area contributed by atoms with Crippen molar-refractivity contribution in [3.8, 4) is 0 Å². The van der Waals surface area contributed by atoms with Gasteiger partial charge in [-0.15, -0.1) is 0 Å². The summed E-state index contributed by atoms with van der Waals surface area (Å²) in [6.45, 7) is 4.09. The number of halogens is 1. The zero-order valence-corrected chi connectivity index (χ0v) is 15.3. The number of sulfonamides is 1. The maximum Gasteiger partial charge on any atom is 0.308 e. The highest BCUT2D eigenvalue weighted by molar-refractivity contribution is 7.89. The smallest absolute Gasteiger partial charge is 0.299 e. The van der Waals surface area contributed by atoms with Crippen molar-refractivity contribution < 1.29 is 12.8 Å². The first-order valence-corrected chi connectivity index (χ1v) is 10.0. The number of nitrogens with zero attached hydrogens (tertiary/aromatic N) is 1. The SMILES string of the molecule is CCn1c(=O)sc2cc(S(=O)(=O)NC(C)c3ccc(F)cc3)ccc21. The van der Waals surface area contributed by atoms with Gasteiger partial charge in [-0.25, -0.2) is 17.5 Å². The summed E-state index contributed by atoms with van der Waals surface area (Å²) in [5, 5.41) is 0. The average Bonchev–Trinajstić information content (AvgIpc) is 2.89. The molecule has 3 rings (SSSR count). The van der Waals surface area contributed by atoms with Crippen LogP contribution in [-0.4, -0.2) is 13.0 Å². The third kappa shape index (κ3) is 3.51. The number of nitrogens with one attached hydrogen (secondary N) is 1. The van der Waals surface area contributed by atoms with Crippen molar-refractivity contribution in [2.24, 2.45) is 0 Å². The number of thiazole rings is 1. The minimum atomic E-state index is -3.77. The molecule has 0 saturated carbocycles. The van der Waals surface area contributed by atoms with E-state index in [0.717, 1.165) is 16.9 Å². The lowest BCUT2D eigenvalue weighted by atomic mass is 10.1. The molecular formula is C17H17FN2O3S2. The molecule has 0 spiro atoms. The highest BCUT2D eigenvalue weighted by Gasteiger charge is 2.20. The van der Waals surface area contributed by atoms with Gasteiger partial charge in [-0.2, -0.15) is 0 Å². The zero-order valence-electron chi connectivity index (χ0n) is 13.7. The van der Waals surface area contributed by atoms with Gasteiger partial charge in [0.25, 0.3) is 0 Å². The molecule has 0 amide bonds.